The number of halogens is 1. The quantitative estimate of drug-likeness (QED) is 0.810. The predicted molar refractivity (Wildman–Crippen MR) is 97.0 cm³/mol. The zero-order chi connectivity index (χ0) is 16.8. The minimum absolute atomic E-state index is 0.00778. The fourth-order valence-corrected chi connectivity index (χ4v) is 2.97. The SMILES string of the molecule is Cc1cc(C)c(NCCC(=O)NC(C)c2ccccc2)c(Cl)c1. The molecule has 0 fully saturated rings. The van der Waals surface area contributed by atoms with Gasteiger partial charge < -0.3 is 10.6 Å². The molecule has 4 heteroatoms. The van der Waals surface area contributed by atoms with Gasteiger partial charge >= 0.3 is 0 Å². The molecule has 23 heavy (non-hydrogen) atoms. The molecular weight excluding hydrogens is 308 g/mol. The number of hydrogen-bond acceptors (Lipinski definition) is 2. The number of benzene rings is 2. The number of hydrogen-bond donors (Lipinski definition) is 2. The maximum atomic E-state index is 12.1. The first-order valence-electron chi connectivity index (χ1n) is 7.82. The fourth-order valence-electron chi connectivity index (χ4n) is 2.58. The smallest absolute Gasteiger partial charge is 0.222 e. The van der Waals surface area contributed by atoms with E-state index in [1.807, 2.05) is 57.2 Å². The lowest BCUT2D eigenvalue weighted by molar-refractivity contribution is -0.121. The number of carbonyl (C=O) groups is 1. The Labute approximate surface area is 143 Å². The van der Waals surface area contributed by atoms with Crippen LogP contribution >= 0.6 is 11.6 Å². The van der Waals surface area contributed by atoms with Crippen LogP contribution in [-0.4, -0.2) is 12.5 Å². The standard InChI is InChI=1S/C19H23ClN2O/c1-13-11-14(2)19(17(20)12-13)21-10-9-18(23)22-15(3)16-7-5-4-6-8-16/h4-8,11-12,15,21H,9-10H2,1-3H3,(H,22,23). The number of nitrogens with one attached hydrogen (secondary N) is 2. The molecule has 0 aliphatic carbocycles. The van der Waals surface area contributed by atoms with Gasteiger partial charge in [-0.15, -0.1) is 0 Å². The summed E-state index contributed by atoms with van der Waals surface area (Å²) in [5, 5.41) is 6.96. The lowest BCUT2D eigenvalue weighted by Crippen LogP contribution is -2.28. The summed E-state index contributed by atoms with van der Waals surface area (Å²) in [4.78, 5) is 12.1. The lowest BCUT2D eigenvalue weighted by Gasteiger charge is -2.15. The molecule has 1 atom stereocenters. The van der Waals surface area contributed by atoms with Gasteiger partial charge in [-0.25, -0.2) is 0 Å². The number of amides is 1. The van der Waals surface area contributed by atoms with E-state index in [-0.39, 0.29) is 11.9 Å². The third-order valence-corrected chi connectivity index (χ3v) is 4.06. The first kappa shape index (κ1) is 17.4. The van der Waals surface area contributed by atoms with Gasteiger partial charge in [-0.3, -0.25) is 4.79 Å². The highest BCUT2D eigenvalue weighted by Crippen LogP contribution is 2.27. The molecule has 0 saturated heterocycles. The van der Waals surface area contributed by atoms with E-state index in [1.165, 1.54) is 0 Å². The van der Waals surface area contributed by atoms with Gasteiger partial charge in [0.2, 0.25) is 5.91 Å². The second-order valence-corrected chi connectivity index (χ2v) is 6.22. The highest BCUT2D eigenvalue weighted by molar-refractivity contribution is 6.33. The second kappa shape index (κ2) is 8.02. The molecule has 1 unspecified atom stereocenters. The van der Waals surface area contributed by atoms with Gasteiger partial charge in [-0.2, -0.15) is 0 Å². The average molecular weight is 331 g/mol. The third kappa shape index (κ3) is 5.00. The maximum Gasteiger partial charge on any atom is 0.222 e. The summed E-state index contributed by atoms with van der Waals surface area (Å²) in [5.74, 6) is 0.0229. The van der Waals surface area contributed by atoms with E-state index in [0.717, 1.165) is 22.4 Å². The molecule has 2 N–H and O–H groups in total. The van der Waals surface area contributed by atoms with Crippen molar-refractivity contribution in [3.05, 3.63) is 64.2 Å². The number of anilines is 1. The van der Waals surface area contributed by atoms with E-state index < -0.39 is 0 Å². The van der Waals surface area contributed by atoms with Crippen LogP contribution in [-0.2, 0) is 4.79 Å². The van der Waals surface area contributed by atoms with Crippen LogP contribution in [0.5, 0.6) is 0 Å². The van der Waals surface area contributed by atoms with Gasteiger partial charge in [-0.05, 0) is 43.5 Å². The predicted octanol–water partition coefficient (Wildman–Crippen LogP) is 4.64. The van der Waals surface area contributed by atoms with Crippen molar-refractivity contribution >= 4 is 23.2 Å². The third-order valence-electron chi connectivity index (χ3n) is 3.76. The molecule has 0 heterocycles. The number of carbonyl (C=O) groups excluding carboxylic acids is 1. The molecule has 2 aromatic rings. The molecule has 2 rings (SSSR count). The van der Waals surface area contributed by atoms with Gasteiger partial charge in [0.05, 0.1) is 16.8 Å². The normalized spacial score (nSPS) is 11.8. The Kier molecular flexibility index (Phi) is 6.05. The fraction of sp³-hybridized carbons (Fsp3) is 0.316. The van der Waals surface area contributed by atoms with E-state index in [9.17, 15) is 4.79 Å². The van der Waals surface area contributed by atoms with Crippen LogP contribution < -0.4 is 10.6 Å². The van der Waals surface area contributed by atoms with Crippen LogP contribution in [0.1, 0.15) is 36.1 Å². The van der Waals surface area contributed by atoms with Crippen molar-refractivity contribution in [1.82, 2.24) is 5.32 Å². The van der Waals surface area contributed by atoms with E-state index in [2.05, 4.69) is 16.7 Å². The van der Waals surface area contributed by atoms with Gasteiger partial charge in [0.25, 0.3) is 0 Å². The second-order valence-electron chi connectivity index (χ2n) is 5.82. The van der Waals surface area contributed by atoms with Crippen molar-refractivity contribution in [2.24, 2.45) is 0 Å². The van der Waals surface area contributed by atoms with Crippen molar-refractivity contribution in [3.63, 3.8) is 0 Å². The largest absolute Gasteiger partial charge is 0.383 e. The Hall–Kier alpha value is -2.00. The molecular formula is C19H23ClN2O. The summed E-state index contributed by atoms with van der Waals surface area (Å²) in [5.41, 5.74) is 4.23. The van der Waals surface area contributed by atoms with Crippen LogP contribution in [0, 0.1) is 13.8 Å². The molecule has 0 radical (unpaired) electrons. The molecule has 0 saturated carbocycles. The van der Waals surface area contributed by atoms with Gasteiger partial charge in [0.1, 0.15) is 0 Å². The van der Waals surface area contributed by atoms with Crippen molar-refractivity contribution in [1.29, 1.82) is 0 Å². The van der Waals surface area contributed by atoms with Crippen molar-refractivity contribution in [2.45, 2.75) is 33.2 Å². The highest BCUT2D eigenvalue weighted by atomic mass is 35.5. The van der Waals surface area contributed by atoms with Gasteiger partial charge in [-0.1, -0.05) is 48.0 Å². The Balaban J connectivity index is 1.84. The topological polar surface area (TPSA) is 41.1 Å². The minimum atomic E-state index is 0.00778. The summed E-state index contributed by atoms with van der Waals surface area (Å²) in [6, 6.07) is 13.9. The Morgan fingerprint density at radius 2 is 1.87 bits per heavy atom. The van der Waals surface area contributed by atoms with Gasteiger partial charge in [0.15, 0.2) is 0 Å². The molecule has 0 aromatic heterocycles. The van der Waals surface area contributed by atoms with Crippen LogP contribution in [0.25, 0.3) is 0 Å². The van der Waals surface area contributed by atoms with E-state index in [4.69, 9.17) is 11.6 Å². The molecule has 3 nitrogen and oxygen atoms in total. The Morgan fingerprint density at radius 3 is 2.52 bits per heavy atom. The summed E-state index contributed by atoms with van der Waals surface area (Å²) in [7, 11) is 0. The first-order chi connectivity index (χ1) is 11.0. The molecule has 122 valence electrons. The number of aryl methyl sites for hydroxylation is 2. The summed E-state index contributed by atoms with van der Waals surface area (Å²) < 4.78 is 0. The summed E-state index contributed by atoms with van der Waals surface area (Å²) in [6.45, 7) is 6.57. The van der Waals surface area contributed by atoms with E-state index in [1.54, 1.807) is 0 Å². The monoisotopic (exact) mass is 330 g/mol. The molecule has 1 amide bonds. The van der Waals surface area contributed by atoms with Crippen LogP contribution in [0.2, 0.25) is 5.02 Å². The Morgan fingerprint density at radius 1 is 1.17 bits per heavy atom. The molecule has 0 bridgehead atoms. The summed E-state index contributed by atoms with van der Waals surface area (Å²) >= 11 is 6.25. The van der Waals surface area contributed by atoms with Gasteiger partial charge in [0, 0.05) is 13.0 Å². The average Bonchev–Trinajstić information content (AvgIpc) is 2.50. The molecule has 0 aliphatic heterocycles. The Bertz CT molecular complexity index is 647. The molecule has 2 aromatic carbocycles. The minimum Gasteiger partial charge on any atom is -0.383 e. The van der Waals surface area contributed by atoms with Crippen LogP contribution in [0.15, 0.2) is 42.5 Å². The van der Waals surface area contributed by atoms with Crippen LogP contribution in [0.4, 0.5) is 5.69 Å². The first-order valence-corrected chi connectivity index (χ1v) is 8.20. The van der Waals surface area contributed by atoms with Crippen molar-refractivity contribution < 1.29 is 4.79 Å². The summed E-state index contributed by atoms with van der Waals surface area (Å²) in [6.07, 6.45) is 0.404. The highest BCUT2D eigenvalue weighted by Gasteiger charge is 2.10. The van der Waals surface area contributed by atoms with Crippen molar-refractivity contribution in [3.8, 4) is 0 Å². The zero-order valence-electron chi connectivity index (χ0n) is 13.8. The maximum absolute atomic E-state index is 12.1. The van der Waals surface area contributed by atoms with Crippen LogP contribution in [0.3, 0.4) is 0 Å². The molecule has 0 aliphatic rings. The number of rotatable bonds is 6. The molecule has 0 spiro atoms. The van der Waals surface area contributed by atoms with E-state index >= 15 is 0 Å². The zero-order valence-corrected chi connectivity index (χ0v) is 14.6. The van der Waals surface area contributed by atoms with E-state index in [0.29, 0.717) is 18.0 Å². The van der Waals surface area contributed by atoms with Crippen molar-refractivity contribution in [2.75, 3.05) is 11.9 Å². The lowest BCUT2D eigenvalue weighted by atomic mass is 10.1.